The third kappa shape index (κ3) is 5.09. The van der Waals surface area contributed by atoms with Crippen molar-refractivity contribution >= 4 is 23.1 Å². The van der Waals surface area contributed by atoms with Crippen LogP contribution in [-0.2, 0) is 11.8 Å². The molecule has 16 heavy (non-hydrogen) atoms. The summed E-state index contributed by atoms with van der Waals surface area (Å²) in [4.78, 5) is 0. The Bertz CT molecular complexity index is 326. The van der Waals surface area contributed by atoms with Crippen molar-refractivity contribution in [2.75, 3.05) is 25.1 Å². The van der Waals surface area contributed by atoms with Crippen molar-refractivity contribution in [3.8, 4) is 0 Å². The van der Waals surface area contributed by atoms with Gasteiger partial charge in [0.05, 0.1) is 0 Å². The van der Waals surface area contributed by atoms with Crippen molar-refractivity contribution in [3.05, 3.63) is 12.3 Å². The van der Waals surface area contributed by atoms with Crippen LogP contribution in [0.4, 0.5) is 5.82 Å². The molecular formula is C10H18N4OS. The second-order valence-electron chi connectivity index (χ2n) is 3.31. The summed E-state index contributed by atoms with van der Waals surface area (Å²) in [6, 6.07) is 1.87. The molecule has 1 heterocycles. The minimum Gasteiger partial charge on any atom is -0.382 e. The minimum atomic E-state index is 0.593. The molecule has 0 amide bonds. The van der Waals surface area contributed by atoms with Crippen LogP contribution in [0.5, 0.6) is 0 Å². The molecular weight excluding hydrogens is 224 g/mol. The van der Waals surface area contributed by atoms with Gasteiger partial charge in [0.1, 0.15) is 0 Å². The summed E-state index contributed by atoms with van der Waals surface area (Å²) in [5, 5.41) is 10.8. The smallest absolute Gasteiger partial charge is 0.171 e. The van der Waals surface area contributed by atoms with Crippen LogP contribution in [0.3, 0.4) is 0 Å². The molecule has 0 atom stereocenters. The van der Waals surface area contributed by atoms with E-state index in [9.17, 15) is 0 Å². The topological polar surface area (TPSA) is 51.1 Å². The summed E-state index contributed by atoms with van der Waals surface area (Å²) in [6.07, 6.45) is 2.80. The van der Waals surface area contributed by atoms with Gasteiger partial charge in [0.2, 0.25) is 0 Å². The molecule has 90 valence electrons. The number of nitrogens with one attached hydrogen (secondary N) is 2. The fraction of sp³-hybridized carbons (Fsp3) is 0.600. The second kappa shape index (κ2) is 7.19. The Hall–Kier alpha value is -1.14. The number of ether oxygens (including phenoxy) is 1. The van der Waals surface area contributed by atoms with E-state index in [1.807, 2.05) is 26.2 Å². The molecule has 0 bridgehead atoms. The highest BCUT2D eigenvalue weighted by Crippen LogP contribution is 1.99. The zero-order chi connectivity index (χ0) is 11.8. The van der Waals surface area contributed by atoms with Gasteiger partial charge in [-0.25, -0.2) is 0 Å². The summed E-state index contributed by atoms with van der Waals surface area (Å²) in [5.74, 6) is 0.754. The van der Waals surface area contributed by atoms with E-state index < -0.39 is 0 Å². The number of nitrogens with zero attached hydrogens (tertiary/aromatic N) is 2. The van der Waals surface area contributed by atoms with Crippen molar-refractivity contribution in [2.45, 2.75) is 13.3 Å². The van der Waals surface area contributed by atoms with Crippen LogP contribution >= 0.6 is 12.2 Å². The van der Waals surface area contributed by atoms with Gasteiger partial charge in [-0.2, -0.15) is 5.10 Å². The summed E-state index contributed by atoms with van der Waals surface area (Å²) < 4.78 is 6.94. The van der Waals surface area contributed by atoms with E-state index in [0.29, 0.717) is 5.11 Å². The van der Waals surface area contributed by atoms with Gasteiger partial charge in [0.25, 0.3) is 0 Å². The lowest BCUT2D eigenvalue weighted by Crippen LogP contribution is -2.30. The Morgan fingerprint density at radius 3 is 3.06 bits per heavy atom. The van der Waals surface area contributed by atoms with Gasteiger partial charge in [-0.1, -0.05) is 0 Å². The van der Waals surface area contributed by atoms with Gasteiger partial charge in [-0.3, -0.25) is 4.68 Å². The lowest BCUT2D eigenvalue weighted by atomic mass is 10.4. The zero-order valence-corrected chi connectivity index (χ0v) is 10.5. The highest BCUT2D eigenvalue weighted by molar-refractivity contribution is 7.80. The highest BCUT2D eigenvalue weighted by Gasteiger charge is 1.99. The van der Waals surface area contributed by atoms with Gasteiger partial charge in [0.15, 0.2) is 10.9 Å². The van der Waals surface area contributed by atoms with E-state index in [4.69, 9.17) is 17.0 Å². The van der Waals surface area contributed by atoms with E-state index in [2.05, 4.69) is 15.7 Å². The first-order chi connectivity index (χ1) is 7.72. The molecule has 0 aliphatic rings. The average molecular weight is 242 g/mol. The fourth-order valence-electron chi connectivity index (χ4n) is 1.16. The fourth-order valence-corrected chi connectivity index (χ4v) is 1.37. The van der Waals surface area contributed by atoms with Gasteiger partial charge < -0.3 is 15.4 Å². The van der Waals surface area contributed by atoms with Crippen LogP contribution in [0.15, 0.2) is 12.3 Å². The Balaban J connectivity index is 2.11. The van der Waals surface area contributed by atoms with Crippen LogP contribution in [0.1, 0.15) is 13.3 Å². The monoisotopic (exact) mass is 242 g/mol. The molecule has 5 nitrogen and oxygen atoms in total. The SMILES string of the molecule is CCOCCCNC(=S)Nc1ccn(C)n1. The number of anilines is 1. The molecule has 0 spiro atoms. The molecule has 2 N–H and O–H groups in total. The molecule has 0 aliphatic heterocycles. The van der Waals surface area contributed by atoms with Crippen LogP contribution in [0.25, 0.3) is 0 Å². The van der Waals surface area contributed by atoms with E-state index in [1.54, 1.807) is 4.68 Å². The molecule has 0 fully saturated rings. The maximum Gasteiger partial charge on any atom is 0.171 e. The Labute approximate surface area is 101 Å². The van der Waals surface area contributed by atoms with Crippen LogP contribution in [-0.4, -0.2) is 34.7 Å². The van der Waals surface area contributed by atoms with Crippen molar-refractivity contribution in [1.29, 1.82) is 0 Å². The van der Waals surface area contributed by atoms with E-state index >= 15 is 0 Å². The Morgan fingerprint density at radius 2 is 2.44 bits per heavy atom. The third-order valence-corrected chi connectivity index (χ3v) is 2.16. The summed E-state index contributed by atoms with van der Waals surface area (Å²) in [6.45, 7) is 4.31. The number of hydrogen-bond acceptors (Lipinski definition) is 3. The second-order valence-corrected chi connectivity index (χ2v) is 3.71. The first-order valence-electron chi connectivity index (χ1n) is 5.34. The van der Waals surface area contributed by atoms with Gasteiger partial charge >= 0.3 is 0 Å². The highest BCUT2D eigenvalue weighted by atomic mass is 32.1. The quantitative estimate of drug-likeness (QED) is 0.578. The summed E-state index contributed by atoms with van der Waals surface area (Å²) in [7, 11) is 1.86. The van der Waals surface area contributed by atoms with Crippen molar-refractivity contribution in [2.24, 2.45) is 7.05 Å². The standard InChI is InChI=1S/C10H18N4OS/c1-3-15-8-4-6-11-10(16)12-9-5-7-14(2)13-9/h5,7H,3-4,6,8H2,1-2H3,(H2,11,12,13,16). The molecule has 1 rings (SSSR count). The van der Waals surface area contributed by atoms with Crippen molar-refractivity contribution in [3.63, 3.8) is 0 Å². The normalized spacial score (nSPS) is 10.1. The number of rotatable bonds is 6. The van der Waals surface area contributed by atoms with Gasteiger partial charge in [-0.05, 0) is 25.6 Å². The minimum absolute atomic E-state index is 0.593. The van der Waals surface area contributed by atoms with Crippen molar-refractivity contribution in [1.82, 2.24) is 15.1 Å². The lowest BCUT2D eigenvalue weighted by molar-refractivity contribution is 0.146. The lowest BCUT2D eigenvalue weighted by Gasteiger charge is -2.08. The Morgan fingerprint density at radius 1 is 1.62 bits per heavy atom. The number of hydrogen-bond donors (Lipinski definition) is 2. The van der Waals surface area contributed by atoms with Gasteiger partial charge in [0, 0.05) is 39.1 Å². The molecule has 6 heteroatoms. The average Bonchev–Trinajstić information content (AvgIpc) is 2.63. The summed E-state index contributed by atoms with van der Waals surface area (Å²) >= 11 is 5.11. The zero-order valence-electron chi connectivity index (χ0n) is 9.69. The largest absolute Gasteiger partial charge is 0.382 e. The predicted octanol–water partition coefficient (Wildman–Crippen LogP) is 1.13. The molecule has 1 aromatic heterocycles. The first-order valence-corrected chi connectivity index (χ1v) is 5.75. The molecule has 0 aliphatic carbocycles. The van der Waals surface area contributed by atoms with E-state index in [0.717, 1.165) is 32.0 Å². The number of aromatic nitrogens is 2. The number of thiocarbonyl (C=S) groups is 1. The van der Waals surface area contributed by atoms with Crippen molar-refractivity contribution < 1.29 is 4.74 Å². The molecule has 1 aromatic rings. The van der Waals surface area contributed by atoms with Crippen LogP contribution in [0, 0.1) is 0 Å². The molecule has 0 saturated carbocycles. The third-order valence-electron chi connectivity index (χ3n) is 1.91. The predicted molar refractivity (Wildman–Crippen MR) is 68.5 cm³/mol. The van der Waals surface area contributed by atoms with Crippen LogP contribution in [0.2, 0.25) is 0 Å². The Kier molecular flexibility index (Phi) is 5.81. The molecule has 0 unspecified atom stereocenters. The molecule has 0 aromatic carbocycles. The summed E-state index contributed by atoms with van der Waals surface area (Å²) in [5.41, 5.74) is 0. The van der Waals surface area contributed by atoms with E-state index in [-0.39, 0.29) is 0 Å². The molecule has 0 radical (unpaired) electrons. The van der Waals surface area contributed by atoms with E-state index in [1.165, 1.54) is 0 Å². The number of aryl methyl sites for hydroxylation is 1. The maximum absolute atomic E-state index is 5.22. The van der Waals surface area contributed by atoms with Gasteiger partial charge in [-0.15, -0.1) is 0 Å². The van der Waals surface area contributed by atoms with Crippen LogP contribution < -0.4 is 10.6 Å². The maximum atomic E-state index is 5.22. The molecule has 0 saturated heterocycles. The first kappa shape index (κ1) is 12.9.